The predicted octanol–water partition coefficient (Wildman–Crippen LogP) is 1.67. The fourth-order valence-corrected chi connectivity index (χ4v) is 2.12. The molecule has 0 aromatic heterocycles. The second-order valence-corrected chi connectivity index (χ2v) is 6.26. The number of halogens is 1. The molecule has 1 aromatic carbocycles. The highest BCUT2D eigenvalue weighted by molar-refractivity contribution is 5.73. The molecule has 2 amide bonds. The number of carbonyl (C=O) groups excluding carboxylic acids is 1. The van der Waals surface area contributed by atoms with Crippen LogP contribution in [0.25, 0.3) is 0 Å². The topological polar surface area (TPSA) is 55.8 Å². The molecule has 22 heavy (non-hydrogen) atoms. The molecule has 124 valence electrons. The molecule has 0 spiro atoms. The van der Waals surface area contributed by atoms with Gasteiger partial charge in [0, 0.05) is 26.7 Å². The van der Waals surface area contributed by atoms with Gasteiger partial charge in [-0.3, -0.25) is 0 Å². The smallest absolute Gasteiger partial charge is 0.317 e. The van der Waals surface area contributed by atoms with Gasteiger partial charge in [0.2, 0.25) is 0 Å². The number of benzene rings is 1. The fourth-order valence-electron chi connectivity index (χ4n) is 2.12. The van der Waals surface area contributed by atoms with E-state index in [1.54, 1.807) is 33.0 Å². The van der Waals surface area contributed by atoms with Crippen molar-refractivity contribution in [2.45, 2.75) is 26.0 Å². The highest BCUT2D eigenvalue weighted by Crippen LogP contribution is 2.05. The molecule has 0 heterocycles. The first-order chi connectivity index (χ1) is 10.2. The zero-order valence-corrected chi connectivity index (χ0v) is 13.8. The Balaban J connectivity index is 2.28. The summed E-state index contributed by atoms with van der Waals surface area (Å²) in [6.45, 7) is 5.46. The number of aliphatic hydroxyl groups is 1. The van der Waals surface area contributed by atoms with Gasteiger partial charge in [0.05, 0.1) is 12.1 Å². The maximum atomic E-state index is 12.8. The summed E-state index contributed by atoms with van der Waals surface area (Å²) in [4.78, 5) is 15.3. The Bertz CT molecular complexity index is 471. The molecule has 0 radical (unpaired) electrons. The number of carbonyl (C=O) groups is 1. The highest BCUT2D eigenvalue weighted by Gasteiger charge is 2.18. The third-order valence-corrected chi connectivity index (χ3v) is 3.11. The van der Waals surface area contributed by atoms with Crippen molar-refractivity contribution in [3.8, 4) is 0 Å². The third kappa shape index (κ3) is 7.38. The molecule has 0 saturated carbocycles. The van der Waals surface area contributed by atoms with Gasteiger partial charge in [-0.1, -0.05) is 12.1 Å². The summed E-state index contributed by atoms with van der Waals surface area (Å²) in [5.74, 6) is -0.242. The van der Waals surface area contributed by atoms with Gasteiger partial charge in [0.25, 0.3) is 0 Å². The van der Waals surface area contributed by atoms with E-state index >= 15 is 0 Å². The molecular formula is C16H26FN3O2. The Morgan fingerprint density at radius 3 is 2.41 bits per heavy atom. The van der Waals surface area contributed by atoms with Crippen LogP contribution in [0, 0.1) is 5.82 Å². The van der Waals surface area contributed by atoms with Crippen LogP contribution in [0.2, 0.25) is 0 Å². The van der Waals surface area contributed by atoms with E-state index in [1.165, 1.54) is 17.0 Å². The van der Waals surface area contributed by atoms with E-state index in [4.69, 9.17) is 0 Å². The van der Waals surface area contributed by atoms with Gasteiger partial charge in [0.15, 0.2) is 0 Å². The van der Waals surface area contributed by atoms with Gasteiger partial charge >= 0.3 is 6.03 Å². The quantitative estimate of drug-likeness (QED) is 0.805. The Morgan fingerprint density at radius 2 is 1.86 bits per heavy atom. The highest BCUT2D eigenvalue weighted by atomic mass is 19.1. The molecule has 0 aliphatic rings. The van der Waals surface area contributed by atoms with E-state index in [0.29, 0.717) is 19.6 Å². The Kier molecular flexibility index (Phi) is 6.77. The Hall–Kier alpha value is -1.66. The van der Waals surface area contributed by atoms with Crippen molar-refractivity contribution in [2.75, 3.05) is 33.7 Å². The molecule has 1 rings (SSSR count). The van der Waals surface area contributed by atoms with Crippen molar-refractivity contribution < 1.29 is 14.3 Å². The molecule has 2 N–H and O–H groups in total. The van der Waals surface area contributed by atoms with Crippen molar-refractivity contribution in [1.29, 1.82) is 0 Å². The van der Waals surface area contributed by atoms with Gasteiger partial charge in [0.1, 0.15) is 5.82 Å². The van der Waals surface area contributed by atoms with Crippen LogP contribution < -0.4 is 5.32 Å². The van der Waals surface area contributed by atoms with E-state index in [2.05, 4.69) is 5.32 Å². The third-order valence-electron chi connectivity index (χ3n) is 3.11. The van der Waals surface area contributed by atoms with Crippen LogP contribution >= 0.6 is 0 Å². The molecule has 0 bridgehead atoms. The zero-order valence-electron chi connectivity index (χ0n) is 13.8. The average molecular weight is 311 g/mol. The van der Waals surface area contributed by atoms with Crippen LogP contribution in [0.3, 0.4) is 0 Å². The maximum absolute atomic E-state index is 12.8. The van der Waals surface area contributed by atoms with E-state index in [1.807, 2.05) is 11.9 Å². The first-order valence-electron chi connectivity index (χ1n) is 7.32. The molecule has 0 aliphatic heterocycles. The SMILES string of the molecule is CN(CCNC(=O)N(C)CC(C)(C)O)Cc1ccc(F)cc1. The van der Waals surface area contributed by atoms with Crippen LogP contribution in [0.5, 0.6) is 0 Å². The van der Waals surface area contributed by atoms with Crippen LogP contribution in [-0.4, -0.2) is 60.3 Å². The minimum Gasteiger partial charge on any atom is -0.389 e. The molecule has 1 aromatic rings. The van der Waals surface area contributed by atoms with Crippen molar-refractivity contribution in [1.82, 2.24) is 15.1 Å². The summed E-state index contributed by atoms with van der Waals surface area (Å²) < 4.78 is 12.8. The second kappa shape index (κ2) is 8.10. The number of rotatable bonds is 7. The molecule has 0 saturated heterocycles. The molecule has 0 fully saturated rings. The molecular weight excluding hydrogens is 285 g/mol. The first-order valence-corrected chi connectivity index (χ1v) is 7.32. The summed E-state index contributed by atoms with van der Waals surface area (Å²) >= 11 is 0. The molecule has 0 aliphatic carbocycles. The van der Waals surface area contributed by atoms with Crippen molar-refractivity contribution >= 4 is 6.03 Å². The average Bonchev–Trinajstić information content (AvgIpc) is 2.39. The maximum Gasteiger partial charge on any atom is 0.317 e. The summed E-state index contributed by atoms with van der Waals surface area (Å²) in [7, 11) is 3.59. The molecule has 6 heteroatoms. The van der Waals surface area contributed by atoms with Crippen LogP contribution in [-0.2, 0) is 6.54 Å². The fraction of sp³-hybridized carbons (Fsp3) is 0.562. The summed E-state index contributed by atoms with van der Waals surface area (Å²) in [5.41, 5.74) is 0.111. The predicted molar refractivity (Wildman–Crippen MR) is 85.1 cm³/mol. The van der Waals surface area contributed by atoms with Crippen LogP contribution in [0.1, 0.15) is 19.4 Å². The van der Waals surface area contributed by atoms with Gasteiger partial charge in [-0.05, 0) is 38.6 Å². The standard InChI is InChI=1S/C16H26FN3O2/c1-16(2,22)12-20(4)15(21)18-9-10-19(3)11-13-5-7-14(17)8-6-13/h5-8,22H,9-12H2,1-4H3,(H,18,21). The molecule has 5 nitrogen and oxygen atoms in total. The van der Waals surface area contributed by atoms with Gasteiger partial charge in [-0.2, -0.15) is 0 Å². The summed E-state index contributed by atoms with van der Waals surface area (Å²) in [6.07, 6.45) is 0. The monoisotopic (exact) mass is 311 g/mol. The number of nitrogens with zero attached hydrogens (tertiary/aromatic N) is 2. The number of hydrogen-bond donors (Lipinski definition) is 2. The van der Waals surface area contributed by atoms with Gasteiger partial charge in [-0.25, -0.2) is 9.18 Å². The Labute approximate surface area is 131 Å². The van der Waals surface area contributed by atoms with E-state index in [9.17, 15) is 14.3 Å². The number of urea groups is 1. The minimum atomic E-state index is -0.911. The normalized spacial score (nSPS) is 11.6. The number of amides is 2. The van der Waals surface area contributed by atoms with E-state index in [0.717, 1.165) is 5.56 Å². The largest absolute Gasteiger partial charge is 0.389 e. The molecule has 0 unspecified atom stereocenters. The van der Waals surface area contributed by atoms with Gasteiger partial charge in [-0.15, -0.1) is 0 Å². The lowest BCUT2D eigenvalue weighted by molar-refractivity contribution is 0.0531. The van der Waals surface area contributed by atoms with E-state index < -0.39 is 5.60 Å². The lowest BCUT2D eigenvalue weighted by atomic mass is 10.1. The van der Waals surface area contributed by atoms with Crippen LogP contribution in [0.4, 0.5) is 9.18 Å². The minimum absolute atomic E-state index is 0.211. The van der Waals surface area contributed by atoms with Crippen molar-refractivity contribution in [3.05, 3.63) is 35.6 Å². The first kappa shape index (κ1) is 18.4. The van der Waals surface area contributed by atoms with Gasteiger partial charge < -0.3 is 20.2 Å². The second-order valence-electron chi connectivity index (χ2n) is 6.26. The summed E-state index contributed by atoms with van der Waals surface area (Å²) in [5, 5.41) is 12.5. The number of nitrogens with one attached hydrogen (secondary N) is 1. The van der Waals surface area contributed by atoms with E-state index in [-0.39, 0.29) is 18.4 Å². The zero-order chi connectivity index (χ0) is 16.8. The number of hydrogen-bond acceptors (Lipinski definition) is 3. The van der Waals surface area contributed by atoms with Crippen molar-refractivity contribution in [3.63, 3.8) is 0 Å². The lowest BCUT2D eigenvalue weighted by Gasteiger charge is -2.26. The van der Waals surface area contributed by atoms with Crippen molar-refractivity contribution in [2.24, 2.45) is 0 Å². The molecule has 0 atom stereocenters. The summed E-state index contributed by atoms with van der Waals surface area (Å²) in [6, 6.07) is 6.17. The lowest BCUT2D eigenvalue weighted by Crippen LogP contribution is -2.46. The van der Waals surface area contributed by atoms with Crippen LogP contribution in [0.15, 0.2) is 24.3 Å². The Morgan fingerprint density at radius 1 is 1.27 bits per heavy atom. The number of likely N-dealkylation sites (N-methyl/N-ethyl adjacent to an activating group) is 2.